The lowest BCUT2D eigenvalue weighted by Crippen LogP contribution is -2.44. The lowest BCUT2D eigenvalue weighted by Gasteiger charge is -2.36. The average molecular weight is 265 g/mol. The topological polar surface area (TPSA) is 50.1 Å². The van der Waals surface area contributed by atoms with Gasteiger partial charge in [0.15, 0.2) is 0 Å². The van der Waals surface area contributed by atoms with Crippen molar-refractivity contribution in [3.8, 4) is 0 Å². The van der Waals surface area contributed by atoms with Crippen LogP contribution in [-0.2, 0) is 6.54 Å². The van der Waals surface area contributed by atoms with Crippen LogP contribution in [0.5, 0.6) is 0 Å². The number of aryl methyl sites for hydroxylation is 1. The van der Waals surface area contributed by atoms with Gasteiger partial charge in [-0.3, -0.25) is 0 Å². The molecule has 0 aliphatic heterocycles. The minimum Gasteiger partial charge on any atom is -0.389 e. The van der Waals surface area contributed by atoms with Crippen LogP contribution in [0.2, 0.25) is 0 Å². The number of rotatable bonds is 6. The van der Waals surface area contributed by atoms with Crippen molar-refractivity contribution in [1.29, 1.82) is 0 Å². The number of imidazole rings is 1. The van der Waals surface area contributed by atoms with E-state index in [1.165, 1.54) is 19.3 Å². The van der Waals surface area contributed by atoms with Crippen molar-refractivity contribution in [3.05, 3.63) is 18.2 Å². The smallest absolute Gasteiger partial charge is 0.105 e. The summed E-state index contributed by atoms with van der Waals surface area (Å²) in [6.07, 6.45) is 9.33. The molecule has 0 atom stereocenters. The molecule has 2 rings (SSSR count). The lowest BCUT2D eigenvalue weighted by atomic mass is 9.78. The summed E-state index contributed by atoms with van der Waals surface area (Å²) < 4.78 is 2.13. The van der Waals surface area contributed by atoms with Gasteiger partial charge in [0.05, 0.1) is 5.60 Å². The fraction of sp³-hybridized carbons (Fsp3) is 0.800. The van der Waals surface area contributed by atoms with E-state index in [4.69, 9.17) is 0 Å². The summed E-state index contributed by atoms with van der Waals surface area (Å²) in [5, 5.41) is 13.9. The molecule has 1 aliphatic rings. The molecule has 0 bridgehead atoms. The van der Waals surface area contributed by atoms with Crippen LogP contribution in [0.25, 0.3) is 0 Å². The third-order valence-corrected chi connectivity index (χ3v) is 4.52. The first kappa shape index (κ1) is 14.5. The second kappa shape index (κ2) is 6.53. The van der Waals surface area contributed by atoms with Crippen LogP contribution in [-0.4, -0.2) is 33.3 Å². The predicted molar refractivity (Wildman–Crippen MR) is 77.0 cm³/mol. The number of aromatic nitrogens is 2. The number of hydrogen-bond donors (Lipinski definition) is 2. The highest BCUT2D eigenvalue weighted by Crippen LogP contribution is 2.33. The summed E-state index contributed by atoms with van der Waals surface area (Å²) in [5.74, 6) is 1.87. The molecule has 1 fully saturated rings. The molecule has 1 aromatic rings. The van der Waals surface area contributed by atoms with E-state index in [0.717, 1.165) is 44.2 Å². The first-order valence-electron chi connectivity index (χ1n) is 7.54. The Morgan fingerprint density at radius 1 is 1.47 bits per heavy atom. The molecule has 4 nitrogen and oxygen atoms in total. The monoisotopic (exact) mass is 265 g/mol. The molecular weight excluding hydrogens is 238 g/mol. The van der Waals surface area contributed by atoms with Crippen molar-refractivity contribution >= 4 is 0 Å². The zero-order valence-electron chi connectivity index (χ0n) is 12.2. The van der Waals surface area contributed by atoms with E-state index >= 15 is 0 Å². The van der Waals surface area contributed by atoms with Crippen LogP contribution in [0.15, 0.2) is 12.4 Å². The first-order valence-corrected chi connectivity index (χ1v) is 7.54. The molecule has 0 unspecified atom stereocenters. The fourth-order valence-corrected chi connectivity index (χ4v) is 2.96. The summed E-state index contributed by atoms with van der Waals surface area (Å²) >= 11 is 0. The van der Waals surface area contributed by atoms with Gasteiger partial charge in [-0.25, -0.2) is 4.98 Å². The summed E-state index contributed by atoms with van der Waals surface area (Å²) in [6.45, 7) is 6.79. The van der Waals surface area contributed by atoms with Crippen LogP contribution in [0.3, 0.4) is 0 Å². The van der Waals surface area contributed by atoms with Gasteiger partial charge >= 0.3 is 0 Å². The summed E-state index contributed by atoms with van der Waals surface area (Å²) in [6, 6.07) is 0. The molecule has 1 aromatic heterocycles. The Morgan fingerprint density at radius 2 is 2.21 bits per heavy atom. The highest BCUT2D eigenvalue weighted by Gasteiger charge is 2.31. The SMILES string of the molecule is CCC1CCC(O)(CNCCn2ccnc2C)CC1. The van der Waals surface area contributed by atoms with Crippen LogP contribution in [0, 0.1) is 12.8 Å². The second-order valence-corrected chi connectivity index (χ2v) is 5.92. The molecule has 19 heavy (non-hydrogen) atoms. The molecule has 1 heterocycles. The van der Waals surface area contributed by atoms with Gasteiger partial charge in [0.25, 0.3) is 0 Å². The first-order chi connectivity index (χ1) is 9.13. The Hall–Kier alpha value is -0.870. The van der Waals surface area contributed by atoms with Crippen LogP contribution >= 0.6 is 0 Å². The Kier molecular flexibility index (Phi) is 4.99. The maximum atomic E-state index is 10.5. The van der Waals surface area contributed by atoms with E-state index in [1.807, 2.05) is 19.3 Å². The Balaban J connectivity index is 1.67. The molecule has 0 amide bonds. The zero-order chi connectivity index (χ0) is 13.7. The lowest BCUT2D eigenvalue weighted by molar-refractivity contribution is -0.00854. The predicted octanol–water partition coefficient (Wildman–Crippen LogP) is 2.11. The molecule has 1 aliphatic carbocycles. The van der Waals surface area contributed by atoms with E-state index in [9.17, 15) is 5.11 Å². The van der Waals surface area contributed by atoms with Crippen LogP contribution in [0.4, 0.5) is 0 Å². The molecule has 0 saturated heterocycles. The Morgan fingerprint density at radius 3 is 2.79 bits per heavy atom. The van der Waals surface area contributed by atoms with Crippen molar-refractivity contribution in [2.75, 3.05) is 13.1 Å². The minimum absolute atomic E-state index is 0.477. The van der Waals surface area contributed by atoms with Gasteiger partial charge < -0.3 is 15.0 Å². The Bertz CT molecular complexity index is 380. The zero-order valence-corrected chi connectivity index (χ0v) is 12.2. The average Bonchev–Trinajstić information content (AvgIpc) is 2.81. The van der Waals surface area contributed by atoms with E-state index in [1.54, 1.807) is 0 Å². The molecular formula is C15H27N3O. The maximum absolute atomic E-state index is 10.5. The highest BCUT2D eigenvalue weighted by molar-refractivity contribution is 4.89. The van der Waals surface area contributed by atoms with Gasteiger partial charge in [0.1, 0.15) is 5.82 Å². The molecule has 1 saturated carbocycles. The largest absolute Gasteiger partial charge is 0.389 e. The fourth-order valence-electron chi connectivity index (χ4n) is 2.96. The summed E-state index contributed by atoms with van der Waals surface area (Å²) in [4.78, 5) is 4.20. The number of nitrogens with one attached hydrogen (secondary N) is 1. The summed E-state index contributed by atoms with van der Waals surface area (Å²) in [7, 11) is 0. The number of aliphatic hydroxyl groups is 1. The number of hydrogen-bond acceptors (Lipinski definition) is 3. The molecule has 0 spiro atoms. The van der Waals surface area contributed by atoms with Gasteiger partial charge in [-0.1, -0.05) is 13.3 Å². The van der Waals surface area contributed by atoms with Gasteiger partial charge in [0, 0.05) is 32.0 Å². The maximum Gasteiger partial charge on any atom is 0.105 e. The van der Waals surface area contributed by atoms with E-state index in [2.05, 4.69) is 21.8 Å². The van der Waals surface area contributed by atoms with Gasteiger partial charge in [-0.15, -0.1) is 0 Å². The molecule has 0 radical (unpaired) electrons. The highest BCUT2D eigenvalue weighted by atomic mass is 16.3. The van der Waals surface area contributed by atoms with Crippen molar-refractivity contribution in [2.24, 2.45) is 5.92 Å². The van der Waals surface area contributed by atoms with Gasteiger partial charge in [-0.2, -0.15) is 0 Å². The van der Waals surface area contributed by atoms with E-state index in [0.29, 0.717) is 0 Å². The molecule has 4 heteroatoms. The van der Waals surface area contributed by atoms with E-state index in [-0.39, 0.29) is 0 Å². The Labute approximate surface area is 116 Å². The molecule has 0 aromatic carbocycles. The van der Waals surface area contributed by atoms with Crippen LogP contribution < -0.4 is 5.32 Å². The number of nitrogens with zero attached hydrogens (tertiary/aromatic N) is 2. The third-order valence-electron chi connectivity index (χ3n) is 4.52. The molecule has 108 valence electrons. The standard InChI is InChI=1S/C15H27N3O/c1-3-14-4-6-15(19,7-5-14)12-16-8-10-18-11-9-17-13(18)2/h9,11,14,16,19H,3-8,10,12H2,1-2H3. The van der Waals surface area contributed by atoms with Crippen molar-refractivity contribution in [3.63, 3.8) is 0 Å². The van der Waals surface area contributed by atoms with Crippen molar-refractivity contribution in [2.45, 2.75) is 58.1 Å². The second-order valence-electron chi connectivity index (χ2n) is 5.92. The van der Waals surface area contributed by atoms with Gasteiger partial charge in [0.2, 0.25) is 0 Å². The minimum atomic E-state index is -0.477. The quantitative estimate of drug-likeness (QED) is 0.775. The summed E-state index contributed by atoms with van der Waals surface area (Å²) in [5.41, 5.74) is -0.477. The molecule has 2 N–H and O–H groups in total. The third kappa shape index (κ3) is 4.05. The van der Waals surface area contributed by atoms with Crippen LogP contribution in [0.1, 0.15) is 44.9 Å². The van der Waals surface area contributed by atoms with Crippen molar-refractivity contribution in [1.82, 2.24) is 14.9 Å². The van der Waals surface area contributed by atoms with Gasteiger partial charge in [-0.05, 0) is 38.5 Å². The van der Waals surface area contributed by atoms with Crippen molar-refractivity contribution < 1.29 is 5.11 Å². The normalized spacial score (nSPS) is 27.6. The van der Waals surface area contributed by atoms with E-state index < -0.39 is 5.60 Å².